The number of hydrogen-bond acceptors (Lipinski definition) is 3. The minimum atomic E-state index is -4.52. The summed E-state index contributed by atoms with van der Waals surface area (Å²) >= 11 is 0. The van der Waals surface area contributed by atoms with Gasteiger partial charge in [0.05, 0.1) is 11.1 Å². The first kappa shape index (κ1) is 19.9. The molecule has 1 saturated carbocycles. The fourth-order valence-corrected chi connectivity index (χ4v) is 4.03. The number of hydrogen-bond donors (Lipinski definition) is 1. The van der Waals surface area contributed by atoms with Gasteiger partial charge in [-0.05, 0) is 48.4 Å². The molecule has 2 aromatic rings. The molecule has 1 aromatic carbocycles. The molecule has 0 saturated heterocycles. The first-order valence-electron chi connectivity index (χ1n) is 10.1. The van der Waals surface area contributed by atoms with E-state index in [2.05, 4.69) is 27.3 Å². The normalized spacial score (nSPS) is 17.9. The fraction of sp³-hybridized carbons (Fsp3) is 0.455. The third-order valence-electron chi connectivity index (χ3n) is 5.98. The van der Waals surface area contributed by atoms with E-state index in [1.165, 1.54) is 30.4 Å². The zero-order chi connectivity index (χ0) is 20.4. The van der Waals surface area contributed by atoms with Crippen molar-refractivity contribution in [2.24, 2.45) is 0 Å². The van der Waals surface area contributed by atoms with Gasteiger partial charge in [0.25, 0.3) is 5.91 Å². The molecule has 1 N–H and O–H groups in total. The third kappa shape index (κ3) is 4.61. The predicted octanol–water partition coefficient (Wildman–Crippen LogP) is 3.98. The van der Waals surface area contributed by atoms with Crippen molar-refractivity contribution in [3.8, 4) is 0 Å². The van der Waals surface area contributed by atoms with Gasteiger partial charge in [-0.3, -0.25) is 14.7 Å². The maximum absolute atomic E-state index is 12.8. The lowest BCUT2D eigenvalue weighted by molar-refractivity contribution is -0.137. The molecule has 4 rings (SSSR count). The zero-order valence-corrected chi connectivity index (χ0v) is 16.1. The zero-order valence-electron chi connectivity index (χ0n) is 16.1. The van der Waals surface area contributed by atoms with Gasteiger partial charge in [-0.25, -0.2) is 0 Å². The molecule has 0 spiro atoms. The molecule has 1 aromatic heterocycles. The fourth-order valence-electron chi connectivity index (χ4n) is 4.03. The average molecular weight is 403 g/mol. The highest BCUT2D eigenvalue weighted by atomic mass is 19.4. The summed E-state index contributed by atoms with van der Waals surface area (Å²) < 4.78 is 38.4. The van der Waals surface area contributed by atoms with Gasteiger partial charge in [0.15, 0.2) is 0 Å². The Bertz CT molecular complexity index is 893. The number of nitrogens with zero attached hydrogens (tertiary/aromatic N) is 2. The molecule has 0 bridgehead atoms. The van der Waals surface area contributed by atoms with E-state index in [9.17, 15) is 18.0 Å². The summed E-state index contributed by atoms with van der Waals surface area (Å²) in [6.45, 7) is 2.42. The van der Waals surface area contributed by atoms with E-state index in [4.69, 9.17) is 0 Å². The largest absolute Gasteiger partial charge is 0.417 e. The van der Waals surface area contributed by atoms with Crippen LogP contribution in [0.4, 0.5) is 13.2 Å². The van der Waals surface area contributed by atoms with Crippen molar-refractivity contribution in [1.82, 2.24) is 15.2 Å². The lowest BCUT2D eigenvalue weighted by atomic mass is 9.91. The van der Waals surface area contributed by atoms with Crippen LogP contribution in [0.25, 0.3) is 0 Å². The van der Waals surface area contributed by atoms with Crippen molar-refractivity contribution in [2.75, 3.05) is 13.1 Å². The number of halogens is 3. The highest BCUT2D eigenvalue weighted by Crippen LogP contribution is 2.29. The summed E-state index contributed by atoms with van der Waals surface area (Å²) in [6, 6.07) is 7.79. The molecule has 154 valence electrons. The van der Waals surface area contributed by atoms with E-state index in [-0.39, 0.29) is 12.1 Å². The monoisotopic (exact) mass is 403 g/mol. The molecule has 7 heteroatoms. The van der Waals surface area contributed by atoms with Crippen molar-refractivity contribution in [3.63, 3.8) is 0 Å². The second kappa shape index (κ2) is 8.14. The molecule has 2 heterocycles. The molecular formula is C22H24F3N3O. The van der Waals surface area contributed by atoms with Crippen LogP contribution in [-0.2, 0) is 25.6 Å². The molecule has 1 amide bonds. The van der Waals surface area contributed by atoms with Crippen molar-refractivity contribution >= 4 is 5.91 Å². The second-order valence-electron chi connectivity index (χ2n) is 7.87. The van der Waals surface area contributed by atoms with Gasteiger partial charge in [-0.1, -0.05) is 24.6 Å². The van der Waals surface area contributed by atoms with Crippen LogP contribution in [0, 0.1) is 0 Å². The van der Waals surface area contributed by atoms with Gasteiger partial charge >= 0.3 is 6.18 Å². The van der Waals surface area contributed by atoms with Crippen molar-refractivity contribution in [2.45, 2.75) is 50.9 Å². The number of benzene rings is 1. The Labute approximate surface area is 168 Å². The highest BCUT2D eigenvalue weighted by Gasteiger charge is 2.31. The van der Waals surface area contributed by atoms with Crippen LogP contribution in [0.5, 0.6) is 0 Å². The second-order valence-corrected chi connectivity index (χ2v) is 7.87. The molecule has 1 fully saturated rings. The Morgan fingerprint density at radius 3 is 2.55 bits per heavy atom. The van der Waals surface area contributed by atoms with Crippen LogP contribution in [0.2, 0.25) is 0 Å². The number of alkyl halides is 3. The smallest absolute Gasteiger partial charge is 0.348 e. The molecular weight excluding hydrogens is 379 g/mol. The molecule has 1 aliphatic carbocycles. The number of rotatable bonds is 4. The van der Waals surface area contributed by atoms with E-state index >= 15 is 0 Å². The highest BCUT2D eigenvalue weighted by molar-refractivity contribution is 5.94. The first-order valence-corrected chi connectivity index (χ1v) is 10.1. The molecule has 29 heavy (non-hydrogen) atoms. The van der Waals surface area contributed by atoms with Crippen molar-refractivity contribution < 1.29 is 18.0 Å². The van der Waals surface area contributed by atoms with Crippen molar-refractivity contribution in [1.29, 1.82) is 0 Å². The maximum Gasteiger partial charge on any atom is 0.417 e. The van der Waals surface area contributed by atoms with E-state index < -0.39 is 17.6 Å². The number of carbonyl (C=O) groups is 1. The molecule has 2 aliphatic rings. The van der Waals surface area contributed by atoms with Gasteiger partial charge in [-0.2, -0.15) is 13.2 Å². The summed E-state index contributed by atoms with van der Waals surface area (Å²) in [4.78, 5) is 18.4. The van der Waals surface area contributed by atoms with Crippen LogP contribution >= 0.6 is 0 Å². The van der Waals surface area contributed by atoms with Gasteiger partial charge in [0.2, 0.25) is 0 Å². The Hall–Kier alpha value is -2.41. The lowest BCUT2D eigenvalue weighted by Gasteiger charge is -2.36. The maximum atomic E-state index is 12.8. The first-order chi connectivity index (χ1) is 13.9. The summed E-state index contributed by atoms with van der Waals surface area (Å²) in [6.07, 6.45) is 3.31. The predicted molar refractivity (Wildman–Crippen MR) is 103 cm³/mol. The summed E-state index contributed by atoms with van der Waals surface area (Å²) in [5.74, 6) is -0.560. The number of amides is 1. The van der Waals surface area contributed by atoms with Gasteiger partial charge in [0, 0.05) is 38.1 Å². The molecule has 0 radical (unpaired) electrons. The third-order valence-corrected chi connectivity index (χ3v) is 5.98. The quantitative estimate of drug-likeness (QED) is 0.840. The minimum Gasteiger partial charge on any atom is -0.348 e. The number of nitrogens with one attached hydrogen (secondary N) is 1. The SMILES string of the molecule is O=C(NCc1ccc2c(c1)CCN(C1CCC1)CC2)c1cncc(C(F)(F)F)c1. The number of carbonyl (C=O) groups excluding carboxylic acids is 1. The van der Waals surface area contributed by atoms with Crippen LogP contribution in [0.15, 0.2) is 36.7 Å². The average Bonchev–Trinajstić information content (AvgIpc) is 2.87. The van der Waals surface area contributed by atoms with E-state index in [1.807, 2.05) is 6.07 Å². The van der Waals surface area contributed by atoms with Crippen molar-refractivity contribution in [3.05, 3.63) is 64.5 Å². The topological polar surface area (TPSA) is 45.2 Å². The summed E-state index contributed by atoms with van der Waals surface area (Å²) in [7, 11) is 0. The molecule has 0 unspecified atom stereocenters. The summed E-state index contributed by atoms with van der Waals surface area (Å²) in [5, 5.41) is 2.70. The van der Waals surface area contributed by atoms with E-state index in [0.717, 1.165) is 56.0 Å². The van der Waals surface area contributed by atoms with Crippen LogP contribution in [-0.4, -0.2) is 34.9 Å². The Morgan fingerprint density at radius 1 is 1.10 bits per heavy atom. The van der Waals surface area contributed by atoms with Gasteiger partial charge in [0.1, 0.15) is 0 Å². The molecule has 1 aliphatic heterocycles. The van der Waals surface area contributed by atoms with Gasteiger partial charge in [-0.15, -0.1) is 0 Å². The Balaban J connectivity index is 1.38. The molecule has 4 nitrogen and oxygen atoms in total. The van der Waals surface area contributed by atoms with E-state index in [0.29, 0.717) is 0 Å². The van der Waals surface area contributed by atoms with E-state index in [1.54, 1.807) is 0 Å². The van der Waals surface area contributed by atoms with Crippen LogP contribution in [0.3, 0.4) is 0 Å². The Kier molecular flexibility index (Phi) is 5.58. The number of fused-ring (bicyclic) bond motifs is 1. The standard InChI is InChI=1S/C22H24F3N3O/c23-22(24,25)19-11-18(13-26-14-19)21(29)27-12-15-4-5-16-6-8-28(20-2-1-3-20)9-7-17(16)10-15/h4-5,10-11,13-14,20H,1-3,6-9,12H2,(H,27,29). The van der Waals surface area contributed by atoms with Gasteiger partial charge < -0.3 is 5.32 Å². The Morgan fingerprint density at radius 2 is 1.86 bits per heavy atom. The minimum absolute atomic E-state index is 0.0919. The molecule has 0 atom stereocenters. The lowest BCUT2D eigenvalue weighted by Crippen LogP contribution is -2.41. The van der Waals surface area contributed by atoms with Crippen LogP contribution in [0.1, 0.15) is 51.9 Å². The summed E-state index contributed by atoms with van der Waals surface area (Å²) in [5.41, 5.74) is 2.59. The van der Waals surface area contributed by atoms with Crippen LogP contribution < -0.4 is 5.32 Å². The number of pyridine rings is 1. The number of aromatic nitrogens is 1.